The molecule has 5 atom stereocenters. The van der Waals surface area contributed by atoms with Gasteiger partial charge in [-0.3, -0.25) is 4.79 Å². The van der Waals surface area contributed by atoms with Crippen LogP contribution < -0.4 is 14.2 Å². The smallest absolute Gasteiger partial charge is 0.329 e. The van der Waals surface area contributed by atoms with Gasteiger partial charge in [0.05, 0.1) is 32.8 Å². The molecular formula is C31H45NO8. The Hall–Kier alpha value is -2.78. The molecule has 3 aliphatic rings. The number of cyclic esters (lactones) is 1. The Bertz CT molecular complexity index is 1040. The molecule has 2 aliphatic heterocycles. The zero-order chi connectivity index (χ0) is 28.6. The Morgan fingerprint density at radius 1 is 0.975 bits per heavy atom. The van der Waals surface area contributed by atoms with E-state index >= 15 is 0 Å². The van der Waals surface area contributed by atoms with Gasteiger partial charge in [-0.2, -0.15) is 0 Å². The Morgan fingerprint density at radius 3 is 2.45 bits per heavy atom. The Balaban J connectivity index is 1.79. The van der Waals surface area contributed by atoms with Gasteiger partial charge < -0.3 is 33.7 Å². The highest BCUT2D eigenvalue weighted by atomic mass is 16.6. The van der Waals surface area contributed by atoms with Gasteiger partial charge in [0, 0.05) is 6.54 Å². The van der Waals surface area contributed by atoms with Crippen molar-refractivity contribution in [1.82, 2.24) is 4.90 Å². The van der Waals surface area contributed by atoms with Gasteiger partial charge in [-0.05, 0) is 69.6 Å². The van der Waals surface area contributed by atoms with E-state index in [-0.39, 0.29) is 31.1 Å². The van der Waals surface area contributed by atoms with Crippen LogP contribution in [0, 0.1) is 5.92 Å². The van der Waals surface area contributed by atoms with Crippen molar-refractivity contribution in [2.45, 2.75) is 95.5 Å². The molecule has 0 spiro atoms. The average Bonchev–Trinajstić information content (AvgIpc) is 2.97. The van der Waals surface area contributed by atoms with E-state index in [1.165, 1.54) is 0 Å². The van der Waals surface area contributed by atoms with Gasteiger partial charge in [-0.25, -0.2) is 4.79 Å². The lowest BCUT2D eigenvalue weighted by atomic mass is 9.75. The minimum Gasteiger partial charge on any atom is -0.493 e. The van der Waals surface area contributed by atoms with Crippen molar-refractivity contribution in [2.75, 3.05) is 34.0 Å². The summed E-state index contributed by atoms with van der Waals surface area (Å²) in [7, 11) is 3.14. The highest BCUT2D eigenvalue weighted by molar-refractivity contribution is 5.89. The standard InChI is InChI=1S/C31H45NO8/c1-20-19-39-27-18-23(17-26(36-3)29(27)37-4)28(22-11-6-5-7-12-22)30(34)32-15-9-8-13-24(32)31(35)40-21(2)25(33)14-10-16-38-20/h10,14,17-18,20-22,24-25,28,33H,5-9,11-13,15-16,19H2,1-4H3/b14-10+/t20-,21-,24+,25+,28+/m1/s1. The second-order valence-corrected chi connectivity index (χ2v) is 11.2. The van der Waals surface area contributed by atoms with Crippen LogP contribution in [0.1, 0.15) is 76.7 Å². The molecule has 9 heteroatoms. The summed E-state index contributed by atoms with van der Waals surface area (Å²) in [5, 5.41) is 10.6. The highest BCUT2D eigenvalue weighted by Crippen LogP contribution is 2.45. The summed E-state index contributed by atoms with van der Waals surface area (Å²) in [5.41, 5.74) is 0.795. The zero-order valence-corrected chi connectivity index (χ0v) is 24.3. The van der Waals surface area contributed by atoms with Gasteiger partial charge in [0.25, 0.3) is 0 Å². The number of esters is 1. The number of methoxy groups -OCH3 is 2. The summed E-state index contributed by atoms with van der Waals surface area (Å²) in [6.07, 6.45) is 8.60. The molecule has 40 heavy (non-hydrogen) atoms. The number of piperidine rings is 1. The van der Waals surface area contributed by atoms with E-state index in [0.717, 1.165) is 50.5 Å². The van der Waals surface area contributed by atoms with E-state index in [2.05, 4.69) is 0 Å². The Morgan fingerprint density at radius 2 is 1.73 bits per heavy atom. The molecular weight excluding hydrogens is 514 g/mol. The first-order valence-corrected chi connectivity index (χ1v) is 14.7. The second-order valence-electron chi connectivity index (χ2n) is 11.2. The van der Waals surface area contributed by atoms with Gasteiger partial charge in [-0.15, -0.1) is 0 Å². The number of hydrogen-bond donors (Lipinski definition) is 1. The van der Waals surface area contributed by atoms with Crippen LogP contribution in [0.5, 0.6) is 17.2 Å². The topological polar surface area (TPSA) is 104 Å². The number of hydrogen-bond acceptors (Lipinski definition) is 8. The molecule has 1 N–H and O–H groups in total. The normalized spacial score (nSPS) is 30.2. The predicted octanol–water partition coefficient (Wildman–Crippen LogP) is 4.40. The van der Waals surface area contributed by atoms with Crippen LogP contribution in [0.15, 0.2) is 24.3 Å². The van der Waals surface area contributed by atoms with E-state index in [0.29, 0.717) is 30.2 Å². The van der Waals surface area contributed by atoms with Crippen LogP contribution in [0.3, 0.4) is 0 Å². The zero-order valence-electron chi connectivity index (χ0n) is 24.3. The number of carbonyl (C=O) groups is 2. The van der Waals surface area contributed by atoms with E-state index in [1.54, 1.807) is 38.2 Å². The van der Waals surface area contributed by atoms with Gasteiger partial charge in [0.15, 0.2) is 11.5 Å². The lowest BCUT2D eigenvalue weighted by Gasteiger charge is -2.39. The van der Waals surface area contributed by atoms with Crippen LogP contribution in [-0.4, -0.2) is 80.2 Å². The molecule has 9 nitrogen and oxygen atoms in total. The fourth-order valence-corrected chi connectivity index (χ4v) is 6.10. The molecule has 4 rings (SSSR count). The van der Waals surface area contributed by atoms with Crippen LogP contribution in [0.25, 0.3) is 0 Å². The van der Waals surface area contributed by atoms with E-state index < -0.39 is 30.1 Å². The molecule has 1 saturated carbocycles. The third-order valence-electron chi connectivity index (χ3n) is 8.34. The minimum atomic E-state index is -0.989. The van der Waals surface area contributed by atoms with Crippen molar-refractivity contribution in [1.29, 1.82) is 0 Å². The summed E-state index contributed by atoms with van der Waals surface area (Å²) in [5.74, 6) is 0.553. The molecule has 2 fully saturated rings. The van der Waals surface area contributed by atoms with E-state index in [1.807, 2.05) is 19.1 Å². The van der Waals surface area contributed by atoms with Crippen molar-refractivity contribution in [3.8, 4) is 17.2 Å². The number of aliphatic hydroxyl groups excluding tert-OH is 1. The van der Waals surface area contributed by atoms with Gasteiger partial charge in [0.1, 0.15) is 24.9 Å². The SMILES string of the molecule is COc1cc2cc(c1OC)OC[C@@H](C)OC/C=C/[C@H](O)[C@@H](C)OC(=O)[C@@H]1CCCCN1C(=O)[C@H]2C1CCCCC1. The van der Waals surface area contributed by atoms with Gasteiger partial charge in [-0.1, -0.05) is 31.4 Å². The van der Waals surface area contributed by atoms with Crippen LogP contribution in [0.4, 0.5) is 0 Å². The molecule has 1 aliphatic carbocycles. The molecule has 222 valence electrons. The van der Waals surface area contributed by atoms with Crippen LogP contribution in [-0.2, 0) is 19.1 Å². The minimum absolute atomic E-state index is 0.0716. The lowest BCUT2D eigenvalue weighted by Crippen LogP contribution is -2.52. The number of rotatable bonds is 3. The van der Waals surface area contributed by atoms with Crippen molar-refractivity contribution >= 4 is 11.9 Å². The highest BCUT2D eigenvalue weighted by Gasteiger charge is 2.41. The first kappa shape index (κ1) is 30.2. The van der Waals surface area contributed by atoms with Crippen LogP contribution >= 0.6 is 0 Å². The molecule has 2 heterocycles. The number of aliphatic hydroxyl groups is 1. The summed E-state index contributed by atoms with van der Waals surface area (Å²) in [6.45, 7) is 4.56. The first-order valence-electron chi connectivity index (χ1n) is 14.7. The molecule has 0 radical (unpaired) electrons. The molecule has 1 amide bonds. The Labute approximate surface area is 237 Å². The van der Waals surface area contributed by atoms with Crippen molar-refractivity contribution < 1.29 is 38.4 Å². The number of nitrogens with zero attached hydrogens (tertiary/aromatic N) is 1. The van der Waals surface area contributed by atoms with Crippen molar-refractivity contribution in [3.05, 3.63) is 29.8 Å². The molecule has 1 aromatic rings. The summed E-state index contributed by atoms with van der Waals surface area (Å²) in [6, 6.07) is 3.08. The number of carbonyl (C=O) groups excluding carboxylic acids is 2. The van der Waals surface area contributed by atoms with E-state index in [9.17, 15) is 14.7 Å². The molecule has 1 saturated heterocycles. The van der Waals surface area contributed by atoms with Gasteiger partial charge in [0.2, 0.25) is 11.7 Å². The number of fused-ring (bicyclic) bond motifs is 3. The lowest BCUT2D eigenvalue weighted by molar-refractivity contribution is -0.164. The quantitative estimate of drug-likeness (QED) is 0.430. The fraction of sp³-hybridized carbons (Fsp3) is 0.677. The maximum absolute atomic E-state index is 14.5. The maximum Gasteiger partial charge on any atom is 0.329 e. The van der Waals surface area contributed by atoms with E-state index in [4.69, 9.17) is 23.7 Å². The third-order valence-corrected chi connectivity index (χ3v) is 8.34. The summed E-state index contributed by atoms with van der Waals surface area (Å²) >= 11 is 0. The van der Waals surface area contributed by atoms with Crippen molar-refractivity contribution in [3.63, 3.8) is 0 Å². The van der Waals surface area contributed by atoms with Crippen LogP contribution in [0.2, 0.25) is 0 Å². The monoisotopic (exact) mass is 559 g/mol. The molecule has 2 bridgehead atoms. The fourth-order valence-electron chi connectivity index (χ4n) is 6.10. The largest absolute Gasteiger partial charge is 0.493 e. The maximum atomic E-state index is 14.5. The summed E-state index contributed by atoms with van der Waals surface area (Å²) < 4.78 is 29.1. The predicted molar refractivity (Wildman–Crippen MR) is 150 cm³/mol. The number of ether oxygens (including phenoxy) is 5. The third kappa shape index (κ3) is 7.10. The number of amides is 1. The number of benzene rings is 1. The molecule has 0 aromatic heterocycles. The Kier molecular flexibility index (Phi) is 10.7. The van der Waals surface area contributed by atoms with Gasteiger partial charge >= 0.3 is 5.97 Å². The second kappa shape index (κ2) is 14.2. The summed E-state index contributed by atoms with van der Waals surface area (Å²) in [4.78, 5) is 29.6. The molecule has 0 unspecified atom stereocenters. The molecule has 1 aromatic carbocycles. The van der Waals surface area contributed by atoms with Crippen molar-refractivity contribution in [2.24, 2.45) is 5.92 Å². The average molecular weight is 560 g/mol. The first-order chi connectivity index (χ1) is 19.3.